The highest BCUT2D eigenvalue weighted by atomic mass is 19.4. The fourth-order valence-corrected chi connectivity index (χ4v) is 1.07. The van der Waals surface area contributed by atoms with E-state index in [0.717, 1.165) is 12.4 Å². The summed E-state index contributed by atoms with van der Waals surface area (Å²) in [4.78, 5) is 6.78. The summed E-state index contributed by atoms with van der Waals surface area (Å²) < 4.78 is 49.8. The first-order chi connectivity index (χ1) is 7.88. The molecule has 5 nitrogen and oxygen atoms in total. The van der Waals surface area contributed by atoms with Crippen LogP contribution in [0.1, 0.15) is 5.69 Å². The number of alkyl halides is 3. The summed E-state index contributed by atoms with van der Waals surface area (Å²) in [5, 5.41) is 12.3. The minimum absolute atomic E-state index is 0.362. The molecule has 2 aromatic heterocycles. The Kier molecular flexibility index (Phi) is 2.45. The Morgan fingerprint density at radius 1 is 1.18 bits per heavy atom. The molecule has 0 radical (unpaired) electrons. The van der Waals surface area contributed by atoms with Crippen molar-refractivity contribution in [1.29, 1.82) is 0 Å². The fourth-order valence-electron chi connectivity index (χ4n) is 1.07. The molecule has 2 heterocycles. The maximum Gasteiger partial charge on any atom is 0.435 e. The molecule has 2 aromatic rings. The van der Waals surface area contributed by atoms with Gasteiger partial charge in [0, 0.05) is 6.07 Å². The lowest BCUT2D eigenvalue weighted by Crippen LogP contribution is -2.08. The van der Waals surface area contributed by atoms with E-state index >= 15 is 0 Å². The molecule has 0 aliphatic heterocycles. The molecule has 0 fully saturated rings. The van der Waals surface area contributed by atoms with Gasteiger partial charge in [-0.25, -0.2) is 14.4 Å². The normalized spacial score (nSPS) is 11.8. The van der Waals surface area contributed by atoms with Crippen molar-refractivity contribution in [2.24, 2.45) is 0 Å². The molecule has 0 saturated carbocycles. The van der Waals surface area contributed by atoms with Gasteiger partial charge in [0.2, 0.25) is 5.88 Å². The molecule has 0 aliphatic carbocycles. The van der Waals surface area contributed by atoms with Gasteiger partial charge in [0.25, 0.3) is 5.95 Å². The molecule has 0 aliphatic rings. The summed E-state index contributed by atoms with van der Waals surface area (Å²) in [6.45, 7) is 0. The van der Waals surface area contributed by atoms with Crippen LogP contribution in [0, 0.1) is 5.82 Å². The molecule has 0 spiro atoms. The van der Waals surface area contributed by atoms with Crippen molar-refractivity contribution in [1.82, 2.24) is 19.7 Å². The zero-order valence-electron chi connectivity index (χ0n) is 7.98. The van der Waals surface area contributed by atoms with Crippen molar-refractivity contribution < 1.29 is 22.7 Å². The molecule has 90 valence electrons. The third kappa shape index (κ3) is 2.17. The van der Waals surface area contributed by atoms with E-state index in [4.69, 9.17) is 0 Å². The zero-order valence-corrected chi connectivity index (χ0v) is 7.98. The largest absolute Gasteiger partial charge is 0.493 e. The molecule has 0 aromatic carbocycles. The van der Waals surface area contributed by atoms with Crippen LogP contribution in [0.3, 0.4) is 0 Å². The molecule has 2 rings (SSSR count). The quantitative estimate of drug-likeness (QED) is 0.777. The Balaban J connectivity index is 2.46. The number of rotatable bonds is 1. The third-order valence-corrected chi connectivity index (χ3v) is 1.78. The lowest BCUT2D eigenvalue weighted by molar-refractivity contribution is -0.141. The van der Waals surface area contributed by atoms with E-state index < -0.39 is 23.6 Å². The fraction of sp³-hybridized carbons (Fsp3) is 0.125. The second-order valence-electron chi connectivity index (χ2n) is 3.00. The second-order valence-corrected chi connectivity index (χ2v) is 3.00. The van der Waals surface area contributed by atoms with Crippen molar-refractivity contribution >= 4 is 0 Å². The Morgan fingerprint density at radius 2 is 1.76 bits per heavy atom. The molecule has 0 amide bonds. The highest BCUT2D eigenvalue weighted by molar-refractivity contribution is 5.24. The first-order valence-electron chi connectivity index (χ1n) is 4.22. The van der Waals surface area contributed by atoms with Gasteiger partial charge in [-0.05, 0) is 0 Å². The minimum Gasteiger partial charge on any atom is -0.493 e. The van der Waals surface area contributed by atoms with Crippen molar-refractivity contribution in [2.45, 2.75) is 6.18 Å². The van der Waals surface area contributed by atoms with E-state index in [0.29, 0.717) is 10.7 Å². The predicted octanol–water partition coefficient (Wildman–Crippen LogP) is 1.53. The molecule has 0 atom stereocenters. The first kappa shape index (κ1) is 11.3. The number of halogens is 4. The highest BCUT2D eigenvalue weighted by Gasteiger charge is 2.35. The maximum atomic E-state index is 12.5. The number of hydrogen-bond acceptors (Lipinski definition) is 4. The molecular weight excluding hydrogens is 244 g/mol. The number of nitrogens with zero attached hydrogens (tertiary/aromatic N) is 4. The van der Waals surface area contributed by atoms with Gasteiger partial charge in [0.1, 0.15) is 0 Å². The molecule has 0 bridgehead atoms. The van der Waals surface area contributed by atoms with Gasteiger partial charge in [0.05, 0.1) is 12.4 Å². The van der Waals surface area contributed by atoms with E-state index in [-0.39, 0.29) is 5.95 Å². The minimum atomic E-state index is -4.69. The maximum absolute atomic E-state index is 12.5. The Labute approximate surface area is 91.4 Å². The Bertz CT molecular complexity index is 533. The summed E-state index contributed by atoms with van der Waals surface area (Å²) in [5.74, 6) is -1.90. The van der Waals surface area contributed by atoms with Crippen LogP contribution >= 0.6 is 0 Å². The van der Waals surface area contributed by atoms with Crippen LogP contribution < -0.4 is 0 Å². The van der Waals surface area contributed by atoms with Crippen LogP contribution in [0.15, 0.2) is 18.5 Å². The van der Waals surface area contributed by atoms with E-state index in [9.17, 15) is 22.7 Å². The van der Waals surface area contributed by atoms with Crippen LogP contribution in [0.25, 0.3) is 5.95 Å². The number of aromatic hydroxyl groups is 1. The number of hydrogen-bond donors (Lipinski definition) is 1. The van der Waals surface area contributed by atoms with Crippen LogP contribution in [-0.4, -0.2) is 24.9 Å². The van der Waals surface area contributed by atoms with Gasteiger partial charge in [-0.2, -0.15) is 23.0 Å². The van der Waals surface area contributed by atoms with Crippen LogP contribution in [0.2, 0.25) is 0 Å². The van der Waals surface area contributed by atoms with Gasteiger partial charge in [0.15, 0.2) is 11.5 Å². The van der Waals surface area contributed by atoms with Gasteiger partial charge in [-0.3, -0.25) is 0 Å². The van der Waals surface area contributed by atoms with Crippen LogP contribution in [-0.2, 0) is 6.18 Å². The molecule has 1 N–H and O–H groups in total. The van der Waals surface area contributed by atoms with Crippen molar-refractivity contribution in [3.63, 3.8) is 0 Å². The Morgan fingerprint density at radius 3 is 2.24 bits per heavy atom. The van der Waals surface area contributed by atoms with E-state index in [1.54, 1.807) is 0 Å². The second kappa shape index (κ2) is 3.68. The van der Waals surface area contributed by atoms with Crippen LogP contribution in [0.4, 0.5) is 17.6 Å². The Hall–Kier alpha value is -2.19. The zero-order chi connectivity index (χ0) is 12.6. The molecule has 0 unspecified atom stereocenters. The average Bonchev–Trinajstić information content (AvgIpc) is 2.61. The van der Waals surface area contributed by atoms with Gasteiger partial charge < -0.3 is 5.11 Å². The topological polar surface area (TPSA) is 63.8 Å². The first-order valence-corrected chi connectivity index (χ1v) is 4.22. The van der Waals surface area contributed by atoms with E-state index in [1.807, 2.05) is 0 Å². The van der Waals surface area contributed by atoms with Crippen LogP contribution in [0.5, 0.6) is 5.88 Å². The summed E-state index contributed by atoms with van der Waals surface area (Å²) in [6.07, 6.45) is -3.20. The molecule has 0 saturated heterocycles. The molecule has 9 heteroatoms. The predicted molar refractivity (Wildman–Crippen MR) is 45.8 cm³/mol. The lowest BCUT2D eigenvalue weighted by atomic mass is 10.4. The summed E-state index contributed by atoms with van der Waals surface area (Å²) in [6, 6.07) is 0.423. The standard InChI is InChI=1S/C8H4F4N4O/c9-4-2-13-7(14-3-4)16-6(17)1-5(15-16)8(10,11)12/h1-3,17H. The van der Waals surface area contributed by atoms with Crippen molar-refractivity contribution in [3.8, 4) is 11.8 Å². The molecular formula is C8H4F4N4O. The smallest absolute Gasteiger partial charge is 0.435 e. The van der Waals surface area contributed by atoms with E-state index in [2.05, 4.69) is 15.1 Å². The highest BCUT2D eigenvalue weighted by Crippen LogP contribution is 2.30. The molecule has 17 heavy (non-hydrogen) atoms. The van der Waals surface area contributed by atoms with Gasteiger partial charge >= 0.3 is 6.18 Å². The monoisotopic (exact) mass is 248 g/mol. The third-order valence-electron chi connectivity index (χ3n) is 1.78. The average molecular weight is 248 g/mol. The van der Waals surface area contributed by atoms with Gasteiger partial charge in [-0.15, -0.1) is 0 Å². The van der Waals surface area contributed by atoms with Crippen molar-refractivity contribution in [2.75, 3.05) is 0 Å². The van der Waals surface area contributed by atoms with E-state index in [1.165, 1.54) is 0 Å². The lowest BCUT2D eigenvalue weighted by Gasteiger charge is -2.01. The number of aromatic nitrogens is 4. The summed E-state index contributed by atoms with van der Waals surface area (Å²) >= 11 is 0. The summed E-state index contributed by atoms with van der Waals surface area (Å²) in [7, 11) is 0. The van der Waals surface area contributed by atoms with Gasteiger partial charge in [-0.1, -0.05) is 0 Å². The SMILES string of the molecule is Oc1cc(C(F)(F)F)nn1-c1ncc(F)cn1. The summed E-state index contributed by atoms with van der Waals surface area (Å²) in [5.41, 5.74) is -1.29. The van der Waals surface area contributed by atoms with Crippen molar-refractivity contribution in [3.05, 3.63) is 30.0 Å².